The molecule has 1 fully saturated rings. The number of nitro benzene ring substituents is 1. The molecule has 1 aliphatic rings. The van der Waals surface area contributed by atoms with Gasteiger partial charge in [-0.25, -0.2) is 4.79 Å². The van der Waals surface area contributed by atoms with Gasteiger partial charge in [0.2, 0.25) is 11.7 Å². The van der Waals surface area contributed by atoms with Crippen molar-refractivity contribution in [2.75, 3.05) is 31.6 Å². The van der Waals surface area contributed by atoms with E-state index in [9.17, 15) is 19.7 Å². The molecule has 1 aliphatic heterocycles. The summed E-state index contributed by atoms with van der Waals surface area (Å²) in [5, 5.41) is 11.4. The zero-order valence-electron chi connectivity index (χ0n) is 14.7. The fourth-order valence-electron chi connectivity index (χ4n) is 2.76. The summed E-state index contributed by atoms with van der Waals surface area (Å²) in [5.74, 6) is -0.398. The summed E-state index contributed by atoms with van der Waals surface area (Å²) in [6.45, 7) is 7.03. The molecule has 0 unspecified atom stereocenters. The van der Waals surface area contributed by atoms with E-state index in [0.717, 1.165) is 0 Å². The highest BCUT2D eigenvalue weighted by Crippen LogP contribution is 2.41. The smallest absolute Gasteiger partial charge is 0.403 e. The molecule has 9 nitrogen and oxygen atoms in total. The second kappa shape index (κ2) is 6.67. The van der Waals surface area contributed by atoms with Gasteiger partial charge in [0.15, 0.2) is 0 Å². The maximum Gasteiger partial charge on any atom is 0.410 e. The molecule has 0 radical (unpaired) electrons. The first-order valence-electron chi connectivity index (χ1n) is 7.80. The molecule has 2 rings (SSSR count). The van der Waals surface area contributed by atoms with Crippen molar-refractivity contribution in [3.63, 3.8) is 0 Å². The van der Waals surface area contributed by atoms with Gasteiger partial charge in [0.1, 0.15) is 0 Å². The van der Waals surface area contributed by atoms with Crippen LogP contribution in [0.4, 0.5) is 16.2 Å². The number of nitrogens with two attached hydrogens (primary N) is 1. The quantitative estimate of drug-likeness (QED) is 0.653. The van der Waals surface area contributed by atoms with Crippen molar-refractivity contribution < 1.29 is 19.2 Å². The third-order valence-corrected chi connectivity index (χ3v) is 3.99. The molecule has 9 heteroatoms. The number of likely N-dealkylation sites (N-methyl/N-ethyl adjacent to an activating group) is 1. The van der Waals surface area contributed by atoms with Gasteiger partial charge in [0.25, 0.3) is 0 Å². The summed E-state index contributed by atoms with van der Waals surface area (Å²) in [5.41, 5.74) is 5.30. The highest BCUT2D eigenvalue weighted by atomic mass is 16.6. The van der Waals surface area contributed by atoms with Crippen LogP contribution >= 0.6 is 0 Å². The molecule has 25 heavy (non-hydrogen) atoms. The lowest BCUT2D eigenvalue weighted by Gasteiger charge is -2.35. The number of nitro groups is 1. The zero-order valence-corrected chi connectivity index (χ0v) is 14.7. The minimum absolute atomic E-state index is 0.127. The third kappa shape index (κ3) is 4.05. The summed E-state index contributed by atoms with van der Waals surface area (Å²) in [4.78, 5) is 37.8. The topological polar surface area (TPSA) is 119 Å². The molecule has 0 aromatic heterocycles. The number of piperazine rings is 1. The van der Waals surface area contributed by atoms with E-state index < -0.39 is 16.4 Å². The Balaban J connectivity index is 2.65. The summed E-state index contributed by atoms with van der Waals surface area (Å²) in [6, 6.07) is 2.70. The molecule has 0 aliphatic carbocycles. The van der Waals surface area contributed by atoms with Crippen molar-refractivity contribution in [2.24, 2.45) is 5.73 Å². The molecule has 0 saturated carbocycles. The van der Waals surface area contributed by atoms with Crippen LogP contribution in [0, 0.1) is 10.1 Å². The molecule has 2 N–H and O–H groups in total. The Morgan fingerprint density at radius 3 is 2.44 bits per heavy atom. The van der Waals surface area contributed by atoms with Crippen LogP contribution in [0.2, 0.25) is 0 Å². The van der Waals surface area contributed by atoms with E-state index in [1.54, 1.807) is 4.90 Å². The maximum absolute atomic E-state index is 12.5. The van der Waals surface area contributed by atoms with Gasteiger partial charge in [0.05, 0.1) is 17.2 Å². The number of hydrogen-bond acceptors (Lipinski definition) is 6. The van der Waals surface area contributed by atoms with E-state index in [-0.39, 0.29) is 23.9 Å². The lowest BCUT2D eigenvalue weighted by atomic mass is 9.84. The van der Waals surface area contributed by atoms with Crippen molar-refractivity contribution in [3.8, 4) is 5.75 Å². The monoisotopic (exact) mass is 350 g/mol. The Hall–Kier alpha value is -2.68. The van der Waals surface area contributed by atoms with Gasteiger partial charge in [-0.1, -0.05) is 20.8 Å². The lowest BCUT2D eigenvalue weighted by Crippen LogP contribution is -2.49. The summed E-state index contributed by atoms with van der Waals surface area (Å²) < 4.78 is 4.81. The van der Waals surface area contributed by atoms with Crippen LogP contribution in [0.15, 0.2) is 12.1 Å². The molecule has 1 saturated heterocycles. The van der Waals surface area contributed by atoms with E-state index in [1.807, 2.05) is 32.7 Å². The van der Waals surface area contributed by atoms with Crippen molar-refractivity contribution in [2.45, 2.75) is 26.2 Å². The molecule has 0 atom stereocenters. The highest BCUT2D eigenvalue weighted by Gasteiger charge is 2.32. The van der Waals surface area contributed by atoms with E-state index in [4.69, 9.17) is 10.5 Å². The first-order chi connectivity index (χ1) is 11.5. The molecule has 1 heterocycles. The average Bonchev–Trinajstić information content (AvgIpc) is 2.44. The predicted octanol–water partition coefficient (Wildman–Crippen LogP) is 1.63. The van der Waals surface area contributed by atoms with Crippen LogP contribution in [0.5, 0.6) is 5.75 Å². The minimum Gasteiger partial charge on any atom is -0.403 e. The number of benzene rings is 1. The number of hydrogen-bond donors (Lipinski definition) is 1. The molecule has 0 spiro atoms. The fraction of sp³-hybridized carbons (Fsp3) is 0.500. The van der Waals surface area contributed by atoms with Crippen LogP contribution in [-0.2, 0) is 10.2 Å². The van der Waals surface area contributed by atoms with E-state index >= 15 is 0 Å². The van der Waals surface area contributed by atoms with Crippen LogP contribution in [0.3, 0.4) is 0 Å². The Labute approximate surface area is 145 Å². The molecular weight excluding hydrogens is 328 g/mol. The van der Waals surface area contributed by atoms with Gasteiger partial charge in [-0.05, 0) is 18.0 Å². The second-order valence-electron chi connectivity index (χ2n) is 7.05. The average molecular weight is 350 g/mol. The summed E-state index contributed by atoms with van der Waals surface area (Å²) in [7, 11) is 1.84. The van der Waals surface area contributed by atoms with Crippen molar-refractivity contribution >= 4 is 23.4 Å². The zero-order chi connectivity index (χ0) is 18.9. The fourth-order valence-corrected chi connectivity index (χ4v) is 2.76. The van der Waals surface area contributed by atoms with Gasteiger partial charge in [-0.15, -0.1) is 0 Å². The van der Waals surface area contributed by atoms with E-state index in [0.29, 0.717) is 24.3 Å². The minimum atomic E-state index is -1.15. The third-order valence-electron chi connectivity index (χ3n) is 3.99. The van der Waals surface area contributed by atoms with Crippen LogP contribution in [0.25, 0.3) is 0 Å². The van der Waals surface area contributed by atoms with Crippen molar-refractivity contribution in [3.05, 3.63) is 27.8 Å². The van der Waals surface area contributed by atoms with Gasteiger partial charge >= 0.3 is 11.8 Å². The highest BCUT2D eigenvalue weighted by molar-refractivity contribution is 5.97. The molecule has 1 aromatic rings. The molecule has 0 bridgehead atoms. The SMILES string of the molecule is CN1CCN(c2cc(OC(N)=O)c([N+](=O)[O-])cc2C(C)(C)C)C(=O)C1. The molecule has 136 valence electrons. The van der Waals surface area contributed by atoms with Gasteiger partial charge in [-0.2, -0.15) is 0 Å². The van der Waals surface area contributed by atoms with Crippen LogP contribution < -0.4 is 15.4 Å². The first-order valence-corrected chi connectivity index (χ1v) is 7.80. The Bertz CT molecular complexity index is 726. The van der Waals surface area contributed by atoms with Gasteiger partial charge in [0, 0.05) is 25.2 Å². The van der Waals surface area contributed by atoms with Gasteiger partial charge in [-0.3, -0.25) is 19.8 Å². The standard InChI is InChI=1S/C16H22N4O5/c1-16(2,3)10-7-12(20(23)24)13(25-15(17)22)8-11(10)19-6-5-18(4)9-14(19)21/h7-8H,5-6,9H2,1-4H3,(H2,17,22). The summed E-state index contributed by atoms with van der Waals surface area (Å²) >= 11 is 0. The van der Waals surface area contributed by atoms with Crippen molar-refractivity contribution in [1.82, 2.24) is 4.90 Å². The van der Waals surface area contributed by atoms with Crippen LogP contribution in [-0.4, -0.2) is 48.5 Å². The number of carbonyl (C=O) groups excluding carboxylic acids is 2. The van der Waals surface area contributed by atoms with E-state index in [1.165, 1.54) is 12.1 Å². The Kier molecular flexibility index (Phi) is 4.98. The molecule has 1 aromatic carbocycles. The normalized spacial score (nSPS) is 16.0. The van der Waals surface area contributed by atoms with Crippen molar-refractivity contribution in [1.29, 1.82) is 0 Å². The number of rotatable bonds is 3. The van der Waals surface area contributed by atoms with Crippen LogP contribution in [0.1, 0.15) is 26.3 Å². The Morgan fingerprint density at radius 2 is 1.96 bits per heavy atom. The summed E-state index contributed by atoms with van der Waals surface area (Å²) in [6.07, 6.45) is -1.15. The molecular formula is C16H22N4O5. The number of primary amides is 1. The maximum atomic E-state index is 12.5. The number of anilines is 1. The number of ether oxygens (including phenoxy) is 1. The first kappa shape index (κ1) is 18.7. The Morgan fingerprint density at radius 1 is 1.32 bits per heavy atom. The second-order valence-corrected chi connectivity index (χ2v) is 7.05. The lowest BCUT2D eigenvalue weighted by molar-refractivity contribution is -0.385. The van der Waals surface area contributed by atoms with Gasteiger partial charge < -0.3 is 15.4 Å². The van der Waals surface area contributed by atoms with E-state index in [2.05, 4.69) is 0 Å². The molecule has 2 amide bonds. The number of carbonyl (C=O) groups is 2. The number of nitrogens with zero attached hydrogens (tertiary/aromatic N) is 3. The number of amides is 2. The largest absolute Gasteiger partial charge is 0.410 e. The predicted molar refractivity (Wildman–Crippen MR) is 91.9 cm³/mol.